The van der Waals surface area contributed by atoms with Crippen LogP contribution in [-0.4, -0.2) is 53.0 Å². The predicted molar refractivity (Wildman–Crippen MR) is 88.7 cm³/mol. The Morgan fingerprint density at radius 1 is 1.30 bits per heavy atom. The zero-order valence-corrected chi connectivity index (χ0v) is 14.2. The molecule has 0 aliphatic carbocycles. The lowest BCUT2D eigenvalue weighted by Crippen LogP contribution is -2.53. The molecule has 0 spiro atoms. The van der Waals surface area contributed by atoms with Gasteiger partial charge in [0.25, 0.3) is 0 Å². The number of hydrogen-bond donors (Lipinski definition) is 1. The molecule has 0 saturated carbocycles. The molecule has 2 amide bonds. The van der Waals surface area contributed by atoms with Crippen LogP contribution in [0.3, 0.4) is 0 Å². The summed E-state index contributed by atoms with van der Waals surface area (Å²) in [5.41, 5.74) is 2.23. The number of aliphatic hydroxyl groups excluding tert-OH is 1. The van der Waals surface area contributed by atoms with Crippen molar-refractivity contribution >= 4 is 11.8 Å². The van der Waals surface area contributed by atoms with Gasteiger partial charge >= 0.3 is 0 Å². The number of rotatable bonds is 5. The molecule has 1 aliphatic rings. The van der Waals surface area contributed by atoms with E-state index in [1.54, 1.807) is 11.9 Å². The third-order valence-corrected chi connectivity index (χ3v) is 4.25. The highest BCUT2D eigenvalue weighted by molar-refractivity contribution is 5.88. The van der Waals surface area contributed by atoms with Crippen molar-refractivity contribution in [2.24, 2.45) is 5.92 Å². The van der Waals surface area contributed by atoms with Crippen LogP contribution in [-0.2, 0) is 22.6 Å². The van der Waals surface area contributed by atoms with Crippen LogP contribution in [0.15, 0.2) is 24.3 Å². The maximum absolute atomic E-state index is 12.7. The van der Waals surface area contributed by atoms with Gasteiger partial charge in [0.1, 0.15) is 6.04 Å². The molecule has 0 saturated heterocycles. The van der Waals surface area contributed by atoms with E-state index in [-0.39, 0.29) is 30.9 Å². The Labute approximate surface area is 137 Å². The first kappa shape index (κ1) is 17.5. The Kier molecular flexibility index (Phi) is 5.77. The molecule has 1 aromatic rings. The molecule has 1 aliphatic heterocycles. The molecule has 126 valence electrons. The topological polar surface area (TPSA) is 60.9 Å². The SMILES string of the molecule is CC(C)CC(=O)N1Cc2ccccc2CC1C(=O)N(C)CCO. The molecule has 0 bridgehead atoms. The number of amides is 2. The lowest BCUT2D eigenvalue weighted by Gasteiger charge is -2.38. The Balaban J connectivity index is 2.27. The van der Waals surface area contributed by atoms with Crippen LogP contribution in [0.2, 0.25) is 0 Å². The summed E-state index contributed by atoms with van der Waals surface area (Å²) in [5.74, 6) is 0.168. The van der Waals surface area contributed by atoms with Gasteiger partial charge in [-0.15, -0.1) is 0 Å². The largest absolute Gasteiger partial charge is 0.395 e. The van der Waals surface area contributed by atoms with E-state index in [9.17, 15) is 9.59 Å². The fraction of sp³-hybridized carbons (Fsp3) is 0.556. The first-order valence-corrected chi connectivity index (χ1v) is 8.16. The Morgan fingerprint density at radius 3 is 2.57 bits per heavy atom. The first-order valence-electron chi connectivity index (χ1n) is 8.16. The first-order chi connectivity index (χ1) is 10.9. The van der Waals surface area contributed by atoms with Gasteiger partial charge in [0.2, 0.25) is 11.8 Å². The van der Waals surface area contributed by atoms with E-state index < -0.39 is 6.04 Å². The van der Waals surface area contributed by atoms with Crippen molar-refractivity contribution in [1.82, 2.24) is 9.80 Å². The second kappa shape index (κ2) is 7.59. The molecular formula is C18H26N2O3. The zero-order valence-electron chi connectivity index (χ0n) is 14.2. The van der Waals surface area contributed by atoms with Gasteiger partial charge in [-0.3, -0.25) is 9.59 Å². The predicted octanol–water partition coefficient (Wildman–Crippen LogP) is 1.44. The maximum Gasteiger partial charge on any atom is 0.245 e. The monoisotopic (exact) mass is 318 g/mol. The van der Waals surface area contributed by atoms with Crippen molar-refractivity contribution < 1.29 is 14.7 Å². The highest BCUT2D eigenvalue weighted by Crippen LogP contribution is 2.25. The number of hydrogen-bond acceptors (Lipinski definition) is 3. The van der Waals surface area contributed by atoms with Crippen molar-refractivity contribution in [2.75, 3.05) is 20.2 Å². The number of carbonyl (C=O) groups is 2. The third-order valence-electron chi connectivity index (χ3n) is 4.25. The van der Waals surface area contributed by atoms with Crippen molar-refractivity contribution in [3.8, 4) is 0 Å². The van der Waals surface area contributed by atoms with E-state index in [1.807, 2.05) is 38.1 Å². The van der Waals surface area contributed by atoms with Crippen LogP contribution >= 0.6 is 0 Å². The summed E-state index contributed by atoms with van der Waals surface area (Å²) >= 11 is 0. The maximum atomic E-state index is 12.7. The average molecular weight is 318 g/mol. The second-order valence-electron chi connectivity index (χ2n) is 6.59. The lowest BCUT2D eigenvalue weighted by atomic mass is 9.92. The van der Waals surface area contributed by atoms with Crippen LogP contribution in [0, 0.1) is 5.92 Å². The minimum absolute atomic E-state index is 0.0188. The van der Waals surface area contributed by atoms with Gasteiger partial charge in [0.15, 0.2) is 0 Å². The van der Waals surface area contributed by atoms with Crippen molar-refractivity contribution in [3.05, 3.63) is 35.4 Å². The van der Waals surface area contributed by atoms with Crippen LogP contribution in [0.25, 0.3) is 0 Å². The number of benzene rings is 1. The number of nitrogens with zero attached hydrogens (tertiary/aromatic N) is 2. The van der Waals surface area contributed by atoms with Crippen LogP contribution in [0.1, 0.15) is 31.4 Å². The van der Waals surface area contributed by atoms with Gasteiger partial charge in [0, 0.05) is 33.0 Å². The summed E-state index contributed by atoms with van der Waals surface area (Å²) in [6, 6.07) is 7.48. The average Bonchev–Trinajstić information content (AvgIpc) is 2.52. The highest BCUT2D eigenvalue weighted by atomic mass is 16.3. The highest BCUT2D eigenvalue weighted by Gasteiger charge is 2.35. The van der Waals surface area contributed by atoms with Crippen LogP contribution in [0.4, 0.5) is 0 Å². The van der Waals surface area contributed by atoms with E-state index in [2.05, 4.69) is 0 Å². The fourth-order valence-corrected chi connectivity index (χ4v) is 2.99. The van der Waals surface area contributed by atoms with Gasteiger partial charge in [-0.1, -0.05) is 38.1 Å². The number of likely N-dealkylation sites (N-methyl/N-ethyl adjacent to an activating group) is 1. The smallest absolute Gasteiger partial charge is 0.245 e. The van der Waals surface area contributed by atoms with E-state index >= 15 is 0 Å². The fourth-order valence-electron chi connectivity index (χ4n) is 2.99. The Morgan fingerprint density at radius 2 is 1.96 bits per heavy atom. The number of aliphatic hydroxyl groups is 1. The summed E-state index contributed by atoms with van der Waals surface area (Å²) in [6.07, 6.45) is 0.976. The van der Waals surface area contributed by atoms with E-state index in [4.69, 9.17) is 5.11 Å². The van der Waals surface area contributed by atoms with Crippen molar-refractivity contribution in [1.29, 1.82) is 0 Å². The Hall–Kier alpha value is -1.88. The lowest BCUT2D eigenvalue weighted by molar-refractivity contribution is -0.147. The van der Waals surface area contributed by atoms with Crippen LogP contribution < -0.4 is 0 Å². The molecule has 2 rings (SSSR count). The molecule has 5 nitrogen and oxygen atoms in total. The summed E-state index contributed by atoms with van der Waals surface area (Å²) in [5, 5.41) is 9.06. The molecule has 5 heteroatoms. The molecule has 1 unspecified atom stereocenters. The van der Waals surface area contributed by atoms with Gasteiger partial charge < -0.3 is 14.9 Å². The molecular weight excluding hydrogens is 292 g/mol. The molecule has 0 fully saturated rings. The quantitative estimate of drug-likeness (QED) is 0.893. The molecule has 1 aromatic carbocycles. The molecule has 0 aromatic heterocycles. The van der Waals surface area contributed by atoms with E-state index in [1.165, 1.54) is 4.90 Å². The minimum Gasteiger partial charge on any atom is -0.395 e. The standard InChI is InChI=1S/C18H26N2O3/c1-13(2)10-17(22)20-12-15-7-5-4-6-14(15)11-16(20)18(23)19(3)8-9-21/h4-7,13,16,21H,8-12H2,1-3H3. The summed E-state index contributed by atoms with van der Waals surface area (Å²) in [7, 11) is 1.67. The third kappa shape index (κ3) is 4.10. The molecule has 1 atom stereocenters. The van der Waals surface area contributed by atoms with Crippen LogP contribution in [0.5, 0.6) is 0 Å². The van der Waals surface area contributed by atoms with E-state index in [0.717, 1.165) is 11.1 Å². The van der Waals surface area contributed by atoms with Crippen molar-refractivity contribution in [2.45, 2.75) is 39.3 Å². The van der Waals surface area contributed by atoms with Crippen molar-refractivity contribution in [3.63, 3.8) is 0 Å². The van der Waals surface area contributed by atoms with E-state index in [0.29, 0.717) is 19.4 Å². The summed E-state index contributed by atoms with van der Waals surface area (Å²) in [6.45, 7) is 4.69. The summed E-state index contributed by atoms with van der Waals surface area (Å²) < 4.78 is 0. The van der Waals surface area contributed by atoms with Gasteiger partial charge in [-0.05, 0) is 17.0 Å². The normalized spacial score (nSPS) is 17.1. The number of fused-ring (bicyclic) bond motifs is 1. The zero-order chi connectivity index (χ0) is 17.0. The van der Waals surface area contributed by atoms with Gasteiger partial charge in [-0.25, -0.2) is 0 Å². The van der Waals surface area contributed by atoms with Gasteiger partial charge in [0.05, 0.1) is 6.61 Å². The number of carbonyl (C=O) groups excluding carboxylic acids is 2. The molecule has 23 heavy (non-hydrogen) atoms. The van der Waals surface area contributed by atoms with Gasteiger partial charge in [-0.2, -0.15) is 0 Å². The molecule has 0 radical (unpaired) electrons. The summed E-state index contributed by atoms with van der Waals surface area (Å²) in [4.78, 5) is 28.6. The minimum atomic E-state index is -0.479. The molecule has 1 heterocycles. The Bertz CT molecular complexity index is 571. The second-order valence-corrected chi connectivity index (χ2v) is 6.59. The molecule has 1 N–H and O–H groups in total.